The molecule has 2 unspecified atom stereocenters. The largest absolute Gasteiger partial charge is 0.375 e. The number of hydrogen-bond acceptors (Lipinski definition) is 3. The van der Waals surface area contributed by atoms with Crippen LogP contribution in [0.15, 0.2) is 0 Å². The first-order valence-electron chi connectivity index (χ1n) is 6.68. The highest BCUT2D eigenvalue weighted by molar-refractivity contribution is 5.92. The van der Waals surface area contributed by atoms with E-state index in [4.69, 9.17) is 4.74 Å². The summed E-state index contributed by atoms with van der Waals surface area (Å²) >= 11 is 0. The van der Waals surface area contributed by atoms with Gasteiger partial charge < -0.3 is 9.64 Å². The smallest absolute Gasteiger partial charge is 0.244 e. The van der Waals surface area contributed by atoms with E-state index in [1.807, 2.05) is 0 Å². The molecule has 1 N–H and O–H groups in total. The molecule has 1 spiro atoms. The average Bonchev–Trinajstić information content (AvgIpc) is 2.92. The van der Waals surface area contributed by atoms with Gasteiger partial charge in [-0.3, -0.25) is 10.1 Å². The molecule has 1 saturated carbocycles. The van der Waals surface area contributed by atoms with Crippen molar-refractivity contribution in [3.05, 3.63) is 0 Å². The third-order valence-electron chi connectivity index (χ3n) is 4.36. The number of amides is 1. The van der Waals surface area contributed by atoms with Crippen molar-refractivity contribution in [2.45, 2.75) is 69.8 Å². The van der Waals surface area contributed by atoms with Gasteiger partial charge in [-0.25, -0.2) is 0 Å². The summed E-state index contributed by atoms with van der Waals surface area (Å²) in [4.78, 5) is 14.5. The minimum absolute atomic E-state index is 0.0950. The van der Waals surface area contributed by atoms with E-state index in [1.54, 1.807) is 0 Å². The van der Waals surface area contributed by atoms with Gasteiger partial charge in [-0.1, -0.05) is 0 Å². The van der Waals surface area contributed by atoms with Gasteiger partial charge in [0.25, 0.3) is 0 Å². The van der Waals surface area contributed by atoms with E-state index in [2.05, 4.69) is 31.0 Å². The molecule has 3 rings (SSSR count). The molecule has 1 amide bonds. The van der Waals surface area contributed by atoms with Crippen molar-refractivity contribution in [2.24, 2.45) is 0 Å². The van der Waals surface area contributed by atoms with Gasteiger partial charge in [0.15, 0.2) is 0 Å². The maximum Gasteiger partial charge on any atom is 0.244 e. The Morgan fingerprint density at radius 2 is 2.12 bits per heavy atom. The number of carbonyl (C=O) groups is 1. The van der Waals surface area contributed by atoms with Gasteiger partial charge in [-0.2, -0.15) is 0 Å². The summed E-state index contributed by atoms with van der Waals surface area (Å²) in [6, 6.07) is 0.341. The van der Waals surface area contributed by atoms with Crippen molar-refractivity contribution in [3.63, 3.8) is 0 Å². The second-order valence-electron chi connectivity index (χ2n) is 6.37. The standard InChI is InChI=1S/C13H22N2O2/c1-9-14-13(5-6-13)11(16)15(9)10-4-7-17-12(2,3)8-10/h9-10,14H,4-8H2,1-3H3. The summed E-state index contributed by atoms with van der Waals surface area (Å²) in [6.45, 7) is 7.10. The predicted octanol–water partition coefficient (Wildman–Crippen LogP) is 1.25. The van der Waals surface area contributed by atoms with Crippen molar-refractivity contribution < 1.29 is 9.53 Å². The fourth-order valence-corrected chi connectivity index (χ4v) is 3.36. The van der Waals surface area contributed by atoms with E-state index in [-0.39, 0.29) is 17.3 Å². The SMILES string of the molecule is CC1NC2(CC2)C(=O)N1C1CCOC(C)(C)C1. The maximum absolute atomic E-state index is 12.4. The highest BCUT2D eigenvalue weighted by atomic mass is 16.5. The first-order chi connectivity index (χ1) is 7.94. The second-order valence-corrected chi connectivity index (χ2v) is 6.37. The molecule has 4 heteroatoms. The summed E-state index contributed by atoms with van der Waals surface area (Å²) in [5, 5.41) is 3.46. The zero-order valence-corrected chi connectivity index (χ0v) is 11.0. The summed E-state index contributed by atoms with van der Waals surface area (Å²) < 4.78 is 5.73. The quantitative estimate of drug-likeness (QED) is 0.747. The molecule has 0 radical (unpaired) electrons. The van der Waals surface area contributed by atoms with Gasteiger partial charge in [0.1, 0.15) is 0 Å². The van der Waals surface area contributed by atoms with E-state index in [1.165, 1.54) is 0 Å². The first kappa shape index (κ1) is 11.5. The van der Waals surface area contributed by atoms with Gasteiger partial charge >= 0.3 is 0 Å². The lowest BCUT2D eigenvalue weighted by Gasteiger charge is -2.41. The fourth-order valence-electron chi connectivity index (χ4n) is 3.36. The summed E-state index contributed by atoms with van der Waals surface area (Å²) in [5.74, 6) is 0.327. The highest BCUT2D eigenvalue weighted by Gasteiger charge is 2.59. The van der Waals surface area contributed by atoms with Gasteiger partial charge in [0.2, 0.25) is 5.91 Å². The van der Waals surface area contributed by atoms with Crippen LogP contribution >= 0.6 is 0 Å². The normalized spacial score (nSPS) is 38.8. The van der Waals surface area contributed by atoms with Crippen LogP contribution in [0.3, 0.4) is 0 Å². The van der Waals surface area contributed by atoms with Gasteiger partial charge in [0.05, 0.1) is 17.3 Å². The Balaban J connectivity index is 1.77. The van der Waals surface area contributed by atoms with Gasteiger partial charge in [-0.05, 0) is 46.5 Å². The monoisotopic (exact) mass is 238 g/mol. The zero-order chi connectivity index (χ0) is 12.3. The molecule has 0 aromatic heterocycles. The molecule has 2 heterocycles. The van der Waals surface area contributed by atoms with Gasteiger partial charge in [-0.15, -0.1) is 0 Å². The summed E-state index contributed by atoms with van der Waals surface area (Å²) in [6.07, 6.45) is 4.13. The minimum Gasteiger partial charge on any atom is -0.375 e. The van der Waals surface area contributed by atoms with Crippen molar-refractivity contribution in [1.82, 2.24) is 10.2 Å². The summed E-state index contributed by atoms with van der Waals surface area (Å²) in [7, 11) is 0. The van der Waals surface area contributed by atoms with Crippen LogP contribution in [0.25, 0.3) is 0 Å². The Hall–Kier alpha value is -0.610. The van der Waals surface area contributed by atoms with Crippen molar-refractivity contribution >= 4 is 5.91 Å². The van der Waals surface area contributed by atoms with E-state index >= 15 is 0 Å². The zero-order valence-electron chi connectivity index (χ0n) is 11.0. The molecule has 0 aromatic rings. The lowest BCUT2D eigenvalue weighted by atomic mass is 9.92. The number of hydrogen-bond donors (Lipinski definition) is 1. The molecule has 2 aliphatic heterocycles. The summed E-state index contributed by atoms with van der Waals surface area (Å²) in [5.41, 5.74) is -0.274. The van der Waals surface area contributed by atoms with Crippen LogP contribution in [0, 0.1) is 0 Å². The fraction of sp³-hybridized carbons (Fsp3) is 0.923. The van der Waals surface area contributed by atoms with E-state index in [0.29, 0.717) is 11.9 Å². The molecule has 0 aromatic carbocycles. The van der Waals surface area contributed by atoms with E-state index in [9.17, 15) is 4.79 Å². The molecule has 3 fully saturated rings. The van der Waals surface area contributed by atoms with Crippen molar-refractivity contribution in [1.29, 1.82) is 0 Å². The number of nitrogens with zero attached hydrogens (tertiary/aromatic N) is 1. The van der Waals surface area contributed by atoms with Gasteiger partial charge in [0, 0.05) is 12.6 Å². The predicted molar refractivity (Wildman–Crippen MR) is 64.5 cm³/mol. The molecule has 3 aliphatic rings. The highest BCUT2D eigenvalue weighted by Crippen LogP contribution is 2.44. The van der Waals surface area contributed by atoms with E-state index in [0.717, 1.165) is 32.3 Å². The molecule has 96 valence electrons. The molecule has 17 heavy (non-hydrogen) atoms. The number of carbonyl (C=O) groups excluding carboxylic acids is 1. The Bertz CT molecular complexity index is 349. The van der Waals surface area contributed by atoms with Crippen molar-refractivity contribution in [3.8, 4) is 0 Å². The van der Waals surface area contributed by atoms with E-state index < -0.39 is 0 Å². The lowest BCUT2D eigenvalue weighted by molar-refractivity contribution is -0.139. The van der Waals surface area contributed by atoms with Crippen LogP contribution in [-0.4, -0.2) is 40.8 Å². The maximum atomic E-state index is 12.4. The first-order valence-corrected chi connectivity index (χ1v) is 6.68. The molecule has 4 nitrogen and oxygen atoms in total. The molecule has 2 atom stereocenters. The molecule has 1 aliphatic carbocycles. The van der Waals surface area contributed by atoms with Crippen molar-refractivity contribution in [2.75, 3.05) is 6.61 Å². The van der Waals surface area contributed by atoms with Crippen LogP contribution in [0.4, 0.5) is 0 Å². The third-order valence-corrected chi connectivity index (χ3v) is 4.36. The topological polar surface area (TPSA) is 41.6 Å². The lowest BCUT2D eigenvalue weighted by Crippen LogP contribution is -2.50. The van der Waals surface area contributed by atoms with Crippen LogP contribution in [0.1, 0.15) is 46.5 Å². The van der Waals surface area contributed by atoms with Crippen LogP contribution in [-0.2, 0) is 9.53 Å². The molecule has 2 saturated heterocycles. The molecule has 0 bridgehead atoms. The Morgan fingerprint density at radius 1 is 1.41 bits per heavy atom. The second kappa shape index (κ2) is 3.45. The Kier molecular flexibility index (Phi) is 2.33. The minimum atomic E-state index is -0.179. The molecular formula is C13H22N2O2. The number of nitrogens with one attached hydrogen (secondary N) is 1. The number of ether oxygens (including phenoxy) is 1. The molecular weight excluding hydrogens is 216 g/mol. The Labute approximate surface area is 103 Å². The third kappa shape index (κ3) is 1.78. The average molecular weight is 238 g/mol. The van der Waals surface area contributed by atoms with Crippen LogP contribution in [0.2, 0.25) is 0 Å². The number of rotatable bonds is 1. The Morgan fingerprint density at radius 3 is 2.65 bits per heavy atom. The van der Waals surface area contributed by atoms with Crippen LogP contribution < -0.4 is 5.32 Å². The van der Waals surface area contributed by atoms with Crippen LogP contribution in [0.5, 0.6) is 0 Å².